The number of ether oxygens (including phenoxy) is 2. The fraction of sp³-hybridized carbons (Fsp3) is 0.360. The number of piperidine rings is 3. The van der Waals surface area contributed by atoms with Gasteiger partial charge in [0.25, 0.3) is 0 Å². The van der Waals surface area contributed by atoms with E-state index in [1.54, 1.807) is 13.3 Å². The minimum Gasteiger partial charge on any atom is -0.496 e. The molecular weight excluding hydrogens is 835 g/mol. The standard InChI is InChI=1S/C28H32N2O.C22H20F6N2O3/c1-31-25-15-9-8-14-24(25)20-29-27-23-16-18-30(19-17-23)28(27)26(21-10-4-2-5-11-21)22-12-6-3-7-13-22;1-12(31)30-19(8-14-10-29-18-5-3-2-4-17(14)18)20(32)33-11-13-6-15(21(23,24)25)9-16(7-13)22(26,27)28/h2-15,23,26-29H,16-20H2,1H3;2-7,9-10,17-19,29H,8,11H2,1H3,(H,30,31)/t27-,28-;17?,18?,19-/m00/s1. The summed E-state index contributed by atoms with van der Waals surface area (Å²) in [6.07, 6.45) is 1.83. The Morgan fingerprint density at radius 2 is 1.41 bits per heavy atom. The van der Waals surface area contributed by atoms with Crippen molar-refractivity contribution in [3.8, 4) is 5.75 Å². The van der Waals surface area contributed by atoms with E-state index in [1.807, 2.05) is 30.4 Å². The Morgan fingerprint density at radius 3 is 2.00 bits per heavy atom. The highest BCUT2D eigenvalue weighted by Crippen LogP contribution is 2.42. The van der Waals surface area contributed by atoms with Crippen LogP contribution in [0.5, 0.6) is 5.75 Å². The lowest BCUT2D eigenvalue weighted by molar-refractivity contribution is -0.149. The van der Waals surface area contributed by atoms with Gasteiger partial charge in [0, 0.05) is 49.4 Å². The van der Waals surface area contributed by atoms with Crippen LogP contribution in [0.1, 0.15) is 65.5 Å². The van der Waals surface area contributed by atoms with Gasteiger partial charge < -0.3 is 25.4 Å². The SMILES string of the molecule is CC(=O)N[C@@H](CC1=CNC2C=CC=CC12)C(=O)OCc1cc(C(F)(F)F)cc(C(F)(F)F)c1.COc1ccccc1CN[C@H]1C2CCN(CC2)[C@H]1C(c1ccccc1)c1ccccc1. The average molecular weight is 887 g/mol. The molecule has 0 saturated carbocycles. The van der Waals surface area contributed by atoms with Crippen LogP contribution in [0, 0.1) is 11.8 Å². The number of fused-ring (bicyclic) bond motifs is 4. The third-order valence-corrected chi connectivity index (χ3v) is 12.4. The molecule has 338 valence electrons. The first-order valence-electron chi connectivity index (χ1n) is 21.4. The summed E-state index contributed by atoms with van der Waals surface area (Å²) in [5, 5.41) is 9.54. The van der Waals surface area contributed by atoms with Crippen LogP contribution in [0.15, 0.2) is 139 Å². The van der Waals surface area contributed by atoms with Gasteiger partial charge in [0.05, 0.1) is 24.3 Å². The van der Waals surface area contributed by atoms with E-state index >= 15 is 0 Å². The van der Waals surface area contributed by atoms with Gasteiger partial charge in [-0.2, -0.15) is 26.3 Å². The number of alkyl halides is 6. The number of hydrogen-bond acceptors (Lipinski definition) is 7. The molecule has 4 heterocycles. The number of esters is 1. The Kier molecular flexibility index (Phi) is 14.7. The van der Waals surface area contributed by atoms with E-state index in [1.165, 1.54) is 49.5 Å². The zero-order valence-electron chi connectivity index (χ0n) is 35.5. The summed E-state index contributed by atoms with van der Waals surface area (Å²) in [7, 11) is 1.76. The van der Waals surface area contributed by atoms with E-state index < -0.39 is 53.6 Å². The summed E-state index contributed by atoms with van der Waals surface area (Å²) in [6, 6.07) is 31.3. The number of carbonyl (C=O) groups is 2. The summed E-state index contributed by atoms with van der Waals surface area (Å²) < 4.78 is 88.8. The van der Waals surface area contributed by atoms with Gasteiger partial charge in [-0.3, -0.25) is 9.69 Å². The molecule has 3 N–H and O–H groups in total. The Morgan fingerprint density at radius 1 is 0.812 bits per heavy atom. The highest BCUT2D eigenvalue weighted by atomic mass is 19.4. The van der Waals surface area contributed by atoms with Crippen LogP contribution in [-0.4, -0.2) is 61.1 Å². The van der Waals surface area contributed by atoms with Crippen LogP contribution in [0.25, 0.3) is 0 Å². The number of methoxy groups -OCH3 is 1. The molecule has 5 aliphatic rings. The second-order valence-corrected chi connectivity index (χ2v) is 16.6. The second kappa shape index (κ2) is 20.3. The Balaban J connectivity index is 0.000000192. The van der Waals surface area contributed by atoms with Gasteiger partial charge in [0.2, 0.25) is 5.91 Å². The fourth-order valence-corrected chi connectivity index (χ4v) is 9.42. The van der Waals surface area contributed by atoms with Crippen molar-refractivity contribution in [2.75, 3.05) is 20.2 Å². The zero-order valence-corrected chi connectivity index (χ0v) is 35.5. The van der Waals surface area contributed by atoms with Crippen molar-refractivity contribution in [2.24, 2.45) is 11.8 Å². The molecule has 4 aromatic rings. The summed E-state index contributed by atoms with van der Waals surface area (Å²) in [4.78, 5) is 26.9. The zero-order chi connectivity index (χ0) is 45.4. The maximum atomic E-state index is 13.0. The van der Waals surface area contributed by atoms with Gasteiger partial charge in [-0.05, 0) is 84.6 Å². The quantitative estimate of drug-likeness (QED) is 0.0911. The summed E-state index contributed by atoms with van der Waals surface area (Å²) >= 11 is 0. The molecule has 4 aliphatic heterocycles. The lowest BCUT2D eigenvalue weighted by Crippen LogP contribution is -2.64. The first-order valence-corrected chi connectivity index (χ1v) is 21.4. The van der Waals surface area contributed by atoms with Gasteiger partial charge in [-0.1, -0.05) is 103 Å². The lowest BCUT2D eigenvalue weighted by Gasteiger charge is -2.54. The van der Waals surface area contributed by atoms with Crippen molar-refractivity contribution < 1.29 is 45.4 Å². The molecule has 1 amide bonds. The van der Waals surface area contributed by atoms with Crippen molar-refractivity contribution in [1.82, 2.24) is 20.9 Å². The Hall–Kier alpha value is -5.86. The predicted octanol–water partition coefficient (Wildman–Crippen LogP) is 9.34. The molecule has 8 nitrogen and oxygen atoms in total. The van der Waals surface area contributed by atoms with Crippen LogP contribution >= 0.6 is 0 Å². The first-order chi connectivity index (χ1) is 30.7. The molecule has 2 unspecified atom stereocenters. The molecular formula is C50H52F6N4O4. The number of amides is 1. The highest BCUT2D eigenvalue weighted by Gasteiger charge is 2.46. The monoisotopic (exact) mass is 886 g/mol. The van der Waals surface area contributed by atoms with Gasteiger partial charge in [-0.25, -0.2) is 4.79 Å². The molecule has 1 aliphatic carbocycles. The minimum absolute atomic E-state index is 0.00639. The number of allylic oxidation sites excluding steroid dienone is 2. The van der Waals surface area contributed by atoms with E-state index in [0.717, 1.165) is 23.8 Å². The molecule has 3 fully saturated rings. The summed E-state index contributed by atoms with van der Waals surface area (Å²) in [6.45, 7) is 3.60. The molecule has 0 aromatic heterocycles. The molecule has 4 aromatic carbocycles. The maximum Gasteiger partial charge on any atom is 0.416 e. The largest absolute Gasteiger partial charge is 0.496 e. The van der Waals surface area contributed by atoms with Crippen LogP contribution in [0.2, 0.25) is 0 Å². The van der Waals surface area contributed by atoms with Crippen LogP contribution in [0.4, 0.5) is 26.3 Å². The van der Waals surface area contributed by atoms with Crippen molar-refractivity contribution >= 4 is 11.9 Å². The van der Waals surface area contributed by atoms with Crippen molar-refractivity contribution in [1.29, 1.82) is 0 Å². The molecule has 3 saturated heterocycles. The number of halogens is 6. The van der Waals surface area contributed by atoms with E-state index in [4.69, 9.17) is 9.47 Å². The topological polar surface area (TPSA) is 91.9 Å². The molecule has 14 heteroatoms. The van der Waals surface area contributed by atoms with Crippen molar-refractivity contribution in [3.63, 3.8) is 0 Å². The summed E-state index contributed by atoms with van der Waals surface area (Å²) in [5.74, 6) is 0.473. The van der Waals surface area contributed by atoms with E-state index in [2.05, 4.69) is 99.7 Å². The van der Waals surface area contributed by atoms with Crippen molar-refractivity contribution in [2.45, 2.75) is 81.8 Å². The third-order valence-electron chi connectivity index (χ3n) is 12.4. The number of nitrogens with zero attached hydrogens (tertiary/aromatic N) is 1. The predicted molar refractivity (Wildman–Crippen MR) is 232 cm³/mol. The number of para-hydroxylation sites is 1. The number of rotatable bonds is 13. The number of carbonyl (C=O) groups excluding carboxylic acids is 2. The normalized spacial score (nSPS) is 22.7. The second-order valence-electron chi connectivity index (χ2n) is 16.6. The van der Waals surface area contributed by atoms with Crippen LogP contribution in [-0.2, 0) is 39.8 Å². The number of hydrogen-bond donors (Lipinski definition) is 3. The van der Waals surface area contributed by atoms with Crippen LogP contribution < -0.4 is 20.7 Å². The van der Waals surface area contributed by atoms with E-state index in [-0.39, 0.29) is 24.4 Å². The Labute approximate surface area is 369 Å². The molecule has 5 atom stereocenters. The van der Waals surface area contributed by atoms with Gasteiger partial charge in [-0.15, -0.1) is 0 Å². The lowest BCUT2D eigenvalue weighted by atomic mass is 9.70. The minimum atomic E-state index is -5.01. The fourth-order valence-electron chi connectivity index (χ4n) is 9.42. The highest BCUT2D eigenvalue weighted by molar-refractivity contribution is 5.83. The van der Waals surface area contributed by atoms with Crippen LogP contribution in [0.3, 0.4) is 0 Å². The van der Waals surface area contributed by atoms with E-state index in [9.17, 15) is 35.9 Å². The molecule has 9 rings (SSSR count). The Bertz CT molecular complexity index is 2240. The van der Waals surface area contributed by atoms with Gasteiger partial charge >= 0.3 is 18.3 Å². The third kappa shape index (κ3) is 11.3. The first kappa shape index (κ1) is 46.1. The summed E-state index contributed by atoms with van der Waals surface area (Å²) in [5.41, 5.74) is 1.35. The average Bonchev–Trinajstić information content (AvgIpc) is 3.70. The number of nitrogens with one attached hydrogen (secondary N) is 3. The number of benzene rings is 4. The van der Waals surface area contributed by atoms with Gasteiger partial charge in [0.1, 0.15) is 18.4 Å². The molecule has 0 spiro atoms. The van der Waals surface area contributed by atoms with Gasteiger partial charge in [0.15, 0.2) is 0 Å². The maximum absolute atomic E-state index is 13.0. The molecule has 64 heavy (non-hydrogen) atoms. The van der Waals surface area contributed by atoms with E-state index in [0.29, 0.717) is 30.1 Å². The molecule has 0 radical (unpaired) electrons. The smallest absolute Gasteiger partial charge is 0.416 e. The molecule has 2 bridgehead atoms. The van der Waals surface area contributed by atoms with Crippen molar-refractivity contribution in [3.05, 3.63) is 173 Å².